The van der Waals surface area contributed by atoms with Gasteiger partial charge < -0.3 is 9.84 Å². The van der Waals surface area contributed by atoms with E-state index < -0.39 is 15.9 Å². The Morgan fingerprint density at radius 3 is 2.63 bits per heavy atom. The number of piperidine rings is 1. The van der Waals surface area contributed by atoms with Crippen molar-refractivity contribution in [2.75, 3.05) is 18.4 Å². The van der Waals surface area contributed by atoms with Crippen LogP contribution >= 0.6 is 0 Å². The van der Waals surface area contributed by atoms with Crippen LogP contribution in [-0.2, 0) is 14.8 Å². The van der Waals surface area contributed by atoms with Crippen LogP contribution in [0.3, 0.4) is 0 Å². The number of hydrogen-bond donors (Lipinski definition) is 1. The van der Waals surface area contributed by atoms with Crippen molar-refractivity contribution in [1.29, 1.82) is 0 Å². The molecular formula is C27H31N3O4S. The Kier molecular flexibility index (Phi) is 7.23. The van der Waals surface area contributed by atoms with Gasteiger partial charge in [0, 0.05) is 18.8 Å². The second-order valence-corrected chi connectivity index (χ2v) is 11.0. The number of rotatable bonds is 6. The fourth-order valence-electron chi connectivity index (χ4n) is 4.36. The van der Waals surface area contributed by atoms with Gasteiger partial charge in [0.15, 0.2) is 10.7 Å². The van der Waals surface area contributed by atoms with Crippen LogP contribution in [0.5, 0.6) is 0 Å². The Hall–Kier alpha value is -3.23. The molecule has 4 rings (SSSR count). The third-order valence-corrected chi connectivity index (χ3v) is 8.46. The van der Waals surface area contributed by atoms with E-state index in [0.29, 0.717) is 25.1 Å². The number of aromatic nitrogens is 1. The molecule has 1 aliphatic rings. The van der Waals surface area contributed by atoms with Gasteiger partial charge in [0.25, 0.3) is 0 Å². The highest BCUT2D eigenvalue weighted by atomic mass is 32.2. The lowest BCUT2D eigenvalue weighted by Crippen LogP contribution is -2.44. The van der Waals surface area contributed by atoms with Crippen LogP contribution in [0, 0.1) is 33.6 Å². The molecule has 1 fully saturated rings. The maximum absolute atomic E-state index is 13.7. The number of nitrogens with one attached hydrogen (secondary N) is 1. The fraction of sp³-hybridized carbons (Fsp3) is 0.333. The smallest absolute Gasteiger partial charge is 0.248 e. The zero-order valence-corrected chi connectivity index (χ0v) is 21.4. The van der Waals surface area contributed by atoms with Gasteiger partial charge in [-0.2, -0.15) is 4.31 Å². The number of hydrogen-bond acceptors (Lipinski definition) is 5. The number of aryl methyl sites for hydroxylation is 4. The van der Waals surface area contributed by atoms with E-state index in [-0.39, 0.29) is 23.1 Å². The molecule has 1 amide bonds. The van der Waals surface area contributed by atoms with Crippen molar-refractivity contribution in [2.24, 2.45) is 5.92 Å². The summed E-state index contributed by atoms with van der Waals surface area (Å²) in [4.78, 5) is 13.0. The zero-order valence-electron chi connectivity index (χ0n) is 20.5. The number of amides is 1. The van der Waals surface area contributed by atoms with E-state index in [1.165, 1.54) is 4.31 Å². The summed E-state index contributed by atoms with van der Waals surface area (Å²) in [7, 11) is -3.90. The topological polar surface area (TPSA) is 92.5 Å². The third-order valence-electron chi connectivity index (χ3n) is 6.44. The van der Waals surface area contributed by atoms with Crippen molar-refractivity contribution in [1.82, 2.24) is 9.46 Å². The molecule has 8 heteroatoms. The molecule has 0 radical (unpaired) electrons. The highest BCUT2D eigenvalue weighted by Crippen LogP contribution is 2.30. The minimum Gasteiger partial charge on any atom is -0.355 e. The van der Waals surface area contributed by atoms with Gasteiger partial charge in [0.1, 0.15) is 5.69 Å². The Balaban J connectivity index is 1.56. The Labute approximate surface area is 206 Å². The van der Waals surface area contributed by atoms with Gasteiger partial charge in [-0.15, -0.1) is 0 Å². The van der Waals surface area contributed by atoms with Gasteiger partial charge in [0.05, 0.1) is 5.92 Å². The lowest BCUT2D eigenvalue weighted by molar-refractivity contribution is -0.120. The molecule has 0 bridgehead atoms. The summed E-state index contributed by atoms with van der Waals surface area (Å²) in [5.74, 6) is -0.418. The predicted molar refractivity (Wildman–Crippen MR) is 137 cm³/mol. The zero-order chi connectivity index (χ0) is 25.2. The lowest BCUT2D eigenvalue weighted by Gasteiger charge is -2.31. The van der Waals surface area contributed by atoms with Gasteiger partial charge >= 0.3 is 0 Å². The van der Waals surface area contributed by atoms with Crippen molar-refractivity contribution in [3.63, 3.8) is 0 Å². The summed E-state index contributed by atoms with van der Waals surface area (Å²) in [6, 6.07) is 13.6. The predicted octanol–water partition coefficient (Wildman–Crippen LogP) is 5.12. The summed E-state index contributed by atoms with van der Waals surface area (Å²) >= 11 is 0. The standard InChI is InChI=1S/C27H31N3O4S/c1-18-11-12-19(2)22(16-18)13-14-25-26(21(4)29-34-25)35(32,33)30-15-7-9-23(17-30)27(31)28-24-10-6-5-8-20(24)3/h5-6,8,10-14,16,23H,7,9,15,17H2,1-4H3,(H,28,31)/b14-13+/t23-/m0/s1. The molecule has 2 aromatic carbocycles. The van der Waals surface area contributed by atoms with Crippen molar-refractivity contribution >= 4 is 33.8 Å². The number of para-hydroxylation sites is 1. The van der Waals surface area contributed by atoms with Gasteiger partial charge in [-0.3, -0.25) is 4.79 Å². The second-order valence-electron chi connectivity index (χ2n) is 9.16. The SMILES string of the molecule is Cc1ccc(C)c(/C=C/c2onc(C)c2S(=O)(=O)N2CCC[C@H](C(=O)Nc3ccccc3C)C2)c1. The van der Waals surface area contributed by atoms with E-state index in [9.17, 15) is 13.2 Å². The van der Waals surface area contributed by atoms with E-state index >= 15 is 0 Å². The van der Waals surface area contributed by atoms with Crippen LogP contribution in [0.2, 0.25) is 0 Å². The molecule has 35 heavy (non-hydrogen) atoms. The first-order valence-corrected chi connectivity index (χ1v) is 13.2. The van der Waals surface area contributed by atoms with Crippen LogP contribution < -0.4 is 5.32 Å². The second kappa shape index (κ2) is 10.2. The molecule has 0 saturated carbocycles. The Morgan fingerprint density at radius 1 is 1.09 bits per heavy atom. The number of nitrogens with zero attached hydrogens (tertiary/aromatic N) is 2. The van der Waals surface area contributed by atoms with Crippen LogP contribution in [0.4, 0.5) is 5.69 Å². The van der Waals surface area contributed by atoms with Gasteiger partial charge in [0.2, 0.25) is 15.9 Å². The van der Waals surface area contributed by atoms with Crippen molar-refractivity contribution in [3.8, 4) is 0 Å². The molecule has 1 N–H and O–H groups in total. The van der Waals surface area contributed by atoms with Crippen LogP contribution in [0.25, 0.3) is 12.2 Å². The monoisotopic (exact) mass is 493 g/mol. The van der Waals surface area contributed by atoms with E-state index in [4.69, 9.17) is 4.52 Å². The molecule has 0 aliphatic carbocycles. The molecule has 0 unspecified atom stereocenters. The first kappa shape index (κ1) is 24.9. The fourth-order valence-corrected chi connectivity index (χ4v) is 6.13. The molecule has 7 nitrogen and oxygen atoms in total. The number of sulfonamides is 1. The lowest BCUT2D eigenvalue weighted by atomic mass is 9.98. The third kappa shape index (κ3) is 5.39. The summed E-state index contributed by atoms with van der Waals surface area (Å²) in [6.45, 7) is 8.02. The summed E-state index contributed by atoms with van der Waals surface area (Å²) in [6.07, 6.45) is 4.73. The number of carbonyl (C=O) groups is 1. The first-order valence-electron chi connectivity index (χ1n) is 11.7. The number of benzene rings is 2. The van der Waals surface area contributed by atoms with E-state index in [2.05, 4.69) is 10.5 Å². The molecule has 2 heterocycles. The molecule has 0 spiro atoms. The molecular weight excluding hydrogens is 462 g/mol. The minimum atomic E-state index is -3.90. The quantitative estimate of drug-likeness (QED) is 0.515. The van der Waals surface area contributed by atoms with Crippen molar-refractivity contribution < 1.29 is 17.7 Å². The van der Waals surface area contributed by atoms with E-state index in [0.717, 1.165) is 27.9 Å². The average molecular weight is 494 g/mol. The van der Waals surface area contributed by atoms with Crippen molar-refractivity contribution in [2.45, 2.75) is 45.4 Å². The van der Waals surface area contributed by atoms with Crippen LogP contribution in [0.15, 0.2) is 51.9 Å². The minimum absolute atomic E-state index is 0.0546. The normalized spacial score (nSPS) is 17.1. The van der Waals surface area contributed by atoms with E-state index in [1.807, 2.05) is 69.3 Å². The molecule has 3 aromatic rings. The largest absolute Gasteiger partial charge is 0.355 e. The Morgan fingerprint density at radius 2 is 1.86 bits per heavy atom. The summed E-state index contributed by atoms with van der Waals surface area (Å²) < 4.78 is 34.1. The average Bonchev–Trinajstić information content (AvgIpc) is 3.22. The molecule has 1 saturated heterocycles. The summed E-state index contributed by atoms with van der Waals surface area (Å²) in [5, 5.41) is 6.89. The maximum atomic E-state index is 13.7. The number of carbonyl (C=O) groups excluding carboxylic acids is 1. The molecule has 1 atom stereocenters. The molecule has 1 aliphatic heterocycles. The van der Waals surface area contributed by atoms with Gasteiger partial charge in [-0.05, 0) is 69.4 Å². The van der Waals surface area contributed by atoms with Crippen LogP contribution in [-0.4, -0.2) is 36.9 Å². The highest BCUT2D eigenvalue weighted by Gasteiger charge is 2.37. The van der Waals surface area contributed by atoms with Crippen molar-refractivity contribution in [3.05, 3.63) is 76.2 Å². The summed E-state index contributed by atoms with van der Waals surface area (Å²) in [5.41, 5.74) is 5.17. The maximum Gasteiger partial charge on any atom is 0.248 e. The van der Waals surface area contributed by atoms with Gasteiger partial charge in [-0.25, -0.2) is 8.42 Å². The van der Waals surface area contributed by atoms with Crippen LogP contribution in [0.1, 0.15) is 46.5 Å². The number of anilines is 1. The van der Waals surface area contributed by atoms with Gasteiger partial charge in [-0.1, -0.05) is 53.2 Å². The Bertz CT molecular complexity index is 1370. The molecule has 184 valence electrons. The van der Waals surface area contributed by atoms with E-state index in [1.54, 1.807) is 13.0 Å². The highest BCUT2D eigenvalue weighted by molar-refractivity contribution is 7.89. The molecule has 1 aromatic heterocycles. The first-order chi connectivity index (χ1) is 16.7.